The van der Waals surface area contributed by atoms with Gasteiger partial charge in [-0.25, -0.2) is 13.4 Å². The molecule has 0 atom stereocenters. The molecule has 3 rings (SSSR count). The second-order valence-electron chi connectivity index (χ2n) is 5.82. The van der Waals surface area contributed by atoms with Gasteiger partial charge in [-0.2, -0.15) is 4.31 Å². The summed E-state index contributed by atoms with van der Waals surface area (Å²) in [6.45, 7) is 4.39. The first-order valence-corrected chi connectivity index (χ1v) is 11.9. The predicted molar refractivity (Wildman–Crippen MR) is 117 cm³/mol. The molecule has 3 aromatic rings. The molecule has 28 heavy (non-hydrogen) atoms. The van der Waals surface area contributed by atoms with Crippen molar-refractivity contribution in [2.75, 3.05) is 18.4 Å². The van der Waals surface area contributed by atoms with E-state index in [0.717, 1.165) is 4.47 Å². The van der Waals surface area contributed by atoms with E-state index in [1.54, 1.807) is 44.2 Å². The van der Waals surface area contributed by atoms with E-state index in [-0.39, 0.29) is 10.8 Å². The lowest BCUT2D eigenvalue weighted by Gasteiger charge is -2.18. The number of hydrogen-bond donors (Lipinski definition) is 1. The van der Waals surface area contributed by atoms with Crippen LogP contribution in [-0.4, -0.2) is 36.7 Å². The number of carbonyl (C=O) groups is 1. The van der Waals surface area contributed by atoms with Gasteiger partial charge in [0.2, 0.25) is 10.0 Å². The zero-order chi connectivity index (χ0) is 20.5. The van der Waals surface area contributed by atoms with E-state index in [1.165, 1.54) is 21.7 Å². The van der Waals surface area contributed by atoms with Crippen molar-refractivity contribution in [1.29, 1.82) is 0 Å². The molecule has 0 radical (unpaired) electrons. The number of rotatable bonds is 6. The molecule has 0 spiro atoms. The molecular formula is C18H17BrClN3O3S2. The summed E-state index contributed by atoms with van der Waals surface area (Å²) >= 11 is 10.6. The molecule has 0 unspecified atom stereocenters. The number of nitrogens with zero attached hydrogens (tertiary/aromatic N) is 2. The van der Waals surface area contributed by atoms with Crippen LogP contribution in [0.4, 0.5) is 5.13 Å². The molecule has 0 fully saturated rings. The minimum Gasteiger partial charge on any atom is -0.298 e. The van der Waals surface area contributed by atoms with Gasteiger partial charge >= 0.3 is 0 Å². The van der Waals surface area contributed by atoms with Crippen molar-refractivity contribution in [2.45, 2.75) is 18.7 Å². The maximum atomic E-state index is 12.7. The minimum atomic E-state index is -3.56. The zero-order valence-corrected chi connectivity index (χ0v) is 19.0. The highest BCUT2D eigenvalue weighted by Crippen LogP contribution is 2.30. The van der Waals surface area contributed by atoms with Crippen LogP contribution in [0, 0.1) is 0 Å². The Kier molecular flexibility index (Phi) is 6.41. The summed E-state index contributed by atoms with van der Waals surface area (Å²) in [6, 6.07) is 9.76. The minimum absolute atomic E-state index is 0.209. The van der Waals surface area contributed by atoms with Gasteiger partial charge in [0.15, 0.2) is 5.13 Å². The second kappa shape index (κ2) is 8.46. The zero-order valence-electron chi connectivity index (χ0n) is 15.1. The first-order valence-electron chi connectivity index (χ1n) is 8.43. The fourth-order valence-electron chi connectivity index (χ4n) is 2.67. The summed E-state index contributed by atoms with van der Waals surface area (Å²) in [5, 5.41) is 3.42. The van der Waals surface area contributed by atoms with Crippen molar-refractivity contribution in [3.8, 4) is 0 Å². The number of benzene rings is 2. The van der Waals surface area contributed by atoms with Gasteiger partial charge in [0.1, 0.15) is 0 Å². The van der Waals surface area contributed by atoms with Crippen LogP contribution in [0.2, 0.25) is 5.02 Å². The van der Waals surface area contributed by atoms with Gasteiger partial charge in [-0.3, -0.25) is 10.1 Å². The van der Waals surface area contributed by atoms with E-state index in [1.807, 2.05) is 0 Å². The monoisotopic (exact) mass is 501 g/mol. The number of amides is 1. The Morgan fingerprint density at radius 1 is 1.21 bits per heavy atom. The molecule has 0 aliphatic heterocycles. The van der Waals surface area contributed by atoms with Gasteiger partial charge < -0.3 is 0 Å². The average Bonchev–Trinajstić information content (AvgIpc) is 3.05. The number of anilines is 1. The van der Waals surface area contributed by atoms with Gasteiger partial charge in [-0.05, 0) is 36.4 Å². The number of carbonyl (C=O) groups excluding carboxylic acids is 1. The molecule has 2 aromatic carbocycles. The number of sulfonamides is 1. The van der Waals surface area contributed by atoms with Crippen LogP contribution in [0.5, 0.6) is 0 Å². The van der Waals surface area contributed by atoms with Crippen molar-refractivity contribution in [3.63, 3.8) is 0 Å². The third kappa shape index (κ3) is 4.23. The molecule has 10 heteroatoms. The number of hydrogen-bond acceptors (Lipinski definition) is 5. The lowest BCUT2D eigenvalue weighted by Crippen LogP contribution is -2.30. The Morgan fingerprint density at radius 2 is 1.93 bits per heavy atom. The molecule has 148 valence electrons. The molecule has 6 nitrogen and oxygen atoms in total. The van der Waals surface area contributed by atoms with Gasteiger partial charge in [0.05, 0.1) is 25.7 Å². The van der Waals surface area contributed by atoms with Crippen LogP contribution < -0.4 is 5.32 Å². The summed E-state index contributed by atoms with van der Waals surface area (Å²) < 4.78 is 28.2. The summed E-state index contributed by atoms with van der Waals surface area (Å²) in [5.74, 6) is -0.388. The molecule has 0 aliphatic rings. The third-order valence-electron chi connectivity index (χ3n) is 4.10. The third-order valence-corrected chi connectivity index (χ3v) is 7.90. The quantitative estimate of drug-likeness (QED) is 0.515. The van der Waals surface area contributed by atoms with Crippen LogP contribution in [-0.2, 0) is 10.0 Å². The van der Waals surface area contributed by atoms with E-state index >= 15 is 0 Å². The van der Waals surface area contributed by atoms with Crippen LogP contribution in [0.25, 0.3) is 10.2 Å². The largest absolute Gasteiger partial charge is 0.298 e. The second-order valence-corrected chi connectivity index (χ2v) is 10.1. The van der Waals surface area contributed by atoms with E-state index in [0.29, 0.717) is 39.0 Å². The molecule has 0 saturated heterocycles. The lowest BCUT2D eigenvalue weighted by molar-refractivity contribution is 0.102. The van der Waals surface area contributed by atoms with Crippen molar-refractivity contribution in [2.24, 2.45) is 0 Å². The highest BCUT2D eigenvalue weighted by atomic mass is 79.9. The van der Waals surface area contributed by atoms with E-state index in [4.69, 9.17) is 11.6 Å². The standard InChI is InChI=1S/C18H17BrClN3O3S2/c1-3-23(4-2)28(25,26)12-6-8-15-16(10-12)27-18(21-15)22-17(24)13-9-11(19)5-7-14(13)20/h5-10H,3-4H2,1-2H3,(H,21,22,24). The van der Waals surface area contributed by atoms with Crippen LogP contribution in [0.1, 0.15) is 24.2 Å². The molecule has 0 saturated carbocycles. The summed E-state index contributed by atoms with van der Waals surface area (Å²) in [7, 11) is -3.56. The number of aromatic nitrogens is 1. The summed E-state index contributed by atoms with van der Waals surface area (Å²) in [5.41, 5.74) is 0.930. The maximum Gasteiger partial charge on any atom is 0.258 e. The van der Waals surface area contributed by atoms with E-state index in [2.05, 4.69) is 26.2 Å². The molecular weight excluding hydrogens is 486 g/mol. The van der Waals surface area contributed by atoms with Crippen LogP contribution >= 0.6 is 38.9 Å². The Labute approximate surface area is 180 Å². The average molecular weight is 503 g/mol. The topological polar surface area (TPSA) is 79.4 Å². The van der Waals surface area contributed by atoms with E-state index < -0.39 is 10.0 Å². The Hall–Kier alpha value is -1.52. The molecule has 1 N–H and O–H groups in total. The lowest BCUT2D eigenvalue weighted by atomic mass is 10.2. The van der Waals surface area contributed by atoms with Gasteiger partial charge in [0.25, 0.3) is 5.91 Å². The highest BCUT2D eigenvalue weighted by molar-refractivity contribution is 9.10. The number of nitrogens with one attached hydrogen (secondary N) is 1. The Balaban J connectivity index is 1.91. The van der Waals surface area contributed by atoms with Crippen molar-refractivity contribution < 1.29 is 13.2 Å². The summed E-state index contributed by atoms with van der Waals surface area (Å²) in [6.07, 6.45) is 0. The van der Waals surface area contributed by atoms with Gasteiger partial charge in [-0.1, -0.05) is 52.7 Å². The number of halogens is 2. The number of thiazole rings is 1. The van der Waals surface area contributed by atoms with Crippen molar-refractivity contribution in [1.82, 2.24) is 9.29 Å². The fraction of sp³-hybridized carbons (Fsp3) is 0.222. The van der Waals surface area contributed by atoms with Crippen LogP contribution in [0.15, 0.2) is 45.8 Å². The molecule has 1 amide bonds. The predicted octanol–water partition coefficient (Wildman–Crippen LogP) is 5.00. The molecule has 0 aliphatic carbocycles. The molecule has 0 bridgehead atoms. The molecule has 1 heterocycles. The number of fused-ring (bicyclic) bond motifs is 1. The maximum absolute atomic E-state index is 12.7. The van der Waals surface area contributed by atoms with Crippen molar-refractivity contribution >= 4 is 70.1 Å². The Morgan fingerprint density at radius 3 is 2.61 bits per heavy atom. The SMILES string of the molecule is CCN(CC)S(=O)(=O)c1ccc2nc(NC(=O)c3cc(Br)ccc3Cl)sc2c1. The van der Waals surface area contributed by atoms with Crippen molar-refractivity contribution in [3.05, 3.63) is 51.5 Å². The Bertz CT molecular complexity index is 1140. The van der Waals surface area contributed by atoms with Crippen LogP contribution in [0.3, 0.4) is 0 Å². The first kappa shape index (κ1) is 21.2. The van der Waals surface area contributed by atoms with Gasteiger partial charge in [-0.15, -0.1) is 0 Å². The fourth-order valence-corrected chi connectivity index (χ4v) is 5.69. The smallest absolute Gasteiger partial charge is 0.258 e. The normalized spacial score (nSPS) is 11.9. The molecule has 1 aromatic heterocycles. The van der Waals surface area contributed by atoms with Gasteiger partial charge in [0, 0.05) is 17.6 Å². The van der Waals surface area contributed by atoms with E-state index in [9.17, 15) is 13.2 Å². The highest BCUT2D eigenvalue weighted by Gasteiger charge is 2.22. The summed E-state index contributed by atoms with van der Waals surface area (Å²) in [4.78, 5) is 17.1. The first-order chi connectivity index (χ1) is 13.3.